The van der Waals surface area contributed by atoms with E-state index in [0.29, 0.717) is 10.1 Å². The Hall–Kier alpha value is -0.680. The molecule has 0 aromatic carbocycles. The van der Waals surface area contributed by atoms with Gasteiger partial charge in [-0.3, -0.25) is 9.20 Å². The molecule has 0 fully saturated rings. The highest BCUT2D eigenvalue weighted by Crippen LogP contribution is 2.25. The quantitative estimate of drug-likeness (QED) is 0.753. The van der Waals surface area contributed by atoms with Gasteiger partial charge in [0.1, 0.15) is 10.1 Å². The Kier molecular flexibility index (Phi) is 2.93. The minimum atomic E-state index is -0.0816. The molecule has 0 unspecified atom stereocenters. The molecule has 0 saturated carbocycles. The average Bonchev–Trinajstić information content (AvgIpc) is 2.23. The summed E-state index contributed by atoms with van der Waals surface area (Å²) in [6, 6.07) is 5.48. The van der Waals surface area contributed by atoms with Crippen LogP contribution in [0.15, 0.2) is 33.7 Å². The van der Waals surface area contributed by atoms with Crippen LogP contribution >= 0.6 is 31.9 Å². The van der Waals surface area contributed by atoms with Crippen LogP contribution in [0, 0.1) is 0 Å². The van der Waals surface area contributed by atoms with E-state index < -0.39 is 0 Å². The summed E-state index contributed by atoms with van der Waals surface area (Å²) in [6.07, 6.45) is 1.71. The summed E-state index contributed by atoms with van der Waals surface area (Å²) in [5.74, 6) is 0. The third-order valence-corrected chi connectivity index (χ3v) is 3.26. The largest absolute Gasteiger partial charge is 0.272 e. The molecule has 15 heavy (non-hydrogen) atoms. The lowest BCUT2D eigenvalue weighted by Crippen LogP contribution is -2.18. The van der Waals surface area contributed by atoms with Crippen LogP contribution in [0.4, 0.5) is 0 Å². The molecule has 2 aromatic rings. The Balaban J connectivity index is 2.89. The molecule has 2 heterocycles. The van der Waals surface area contributed by atoms with Gasteiger partial charge in [-0.25, -0.2) is 4.98 Å². The van der Waals surface area contributed by atoms with Crippen LogP contribution in [0.2, 0.25) is 0 Å². The van der Waals surface area contributed by atoms with Gasteiger partial charge in [-0.1, -0.05) is 22.0 Å². The van der Waals surface area contributed by atoms with Gasteiger partial charge < -0.3 is 0 Å². The van der Waals surface area contributed by atoms with E-state index >= 15 is 0 Å². The number of aromatic nitrogens is 2. The van der Waals surface area contributed by atoms with Gasteiger partial charge in [-0.05, 0) is 35.0 Å². The number of fused-ring (bicyclic) bond motifs is 1. The Morgan fingerprint density at radius 1 is 1.47 bits per heavy atom. The van der Waals surface area contributed by atoms with Gasteiger partial charge in [0.15, 0.2) is 0 Å². The van der Waals surface area contributed by atoms with Crippen molar-refractivity contribution in [2.75, 3.05) is 0 Å². The topological polar surface area (TPSA) is 34.4 Å². The zero-order valence-corrected chi connectivity index (χ0v) is 11.1. The lowest BCUT2D eigenvalue weighted by atomic mass is 10.3. The number of pyridine rings is 1. The van der Waals surface area contributed by atoms with E-state index in [4.69, 9.17) is 0 Å². The van der Waals surface area contributed by atoms with Crippen molar-refractivity contribution in [1.82, 2.24) is 9.38 Å². The van der Waals surface area contributed by atoms with Gasteiger partial charge in [-0.2, -0.15) is 0 Å². The summed E-state index contributed by atoms with van der Waals surface area (Å²) >= 11 is 6.69. The molecule has 0 spiro atoms. The second-order valence-corrected chi connectivity index (χ2v) is 5.33. The lowest BCUT2D eigenvalue weighted by Gasteiger charge is -2.07. The molecular weight excluding hydrogens is 324 g/mol. The zero-order valence-electron chi connectivity index (χ0n) is 7.95. The summed E-state index contributed by atoms with van der Waals surface area (Å²) in [5, 5.41) is 0. The normalized spacial score (nSPS) is 13.0. The van der Waals surface area contributed by atoms with Crippen LogP contribution in [0.1, 0.15) is 17.4 Å². The smallest absolute Gasteiger partial charge is 0.268 e. The van der Waals surface area contributed by atoms with Crippen LogP contribution in [0.3, 0.4) is 0 Å². The first-order valence-corrected chi connectivity index (χ1v) is 6.13. The molecule has 0 N–H and O–H groups in total. The molecule has 0 radical (unpaired) electrons. The molecule has 3 nitrogen and oxygen atoms in total. The van der Waals surface area contributed by atoms with Gasteiger partial charge in [0.05, 0.1) is 10.5 Å². The first-order valence-electron chi connectivity index (χ1n) is 4.42. The van der Waals surface area contributed by atoms with E-state index in [-0.39, 0.29) is 10.4 Å². The summed E-state index contributed by atoms with van der Waals surface area (Å²) in [4.78, 5) is 16.4. The van der Waals surface area contributed by atoms with E-state index in [2.05, 4.69) is 36.8 Å². The van der Waals surface area contributed by atoms with E-state index in [1.807, 2.05) is 19.1 Å². The molecule has 2 aromatic heterocycles. The summed E-state index contributed by atoms with van der Waals surface area (Å²) < 4.78 is 2.03. The number of alkyl halides is 1. The molecule has 1 atom stereocenters. The van der Waals surface area contributed by atoms with Gasteiger partial charge in [-0.15, -0.1) is 0 Å². The van der Waals surface area contributed by atoms with Crippen LogP contribution in [-0.2, 0) is 0 Å². The molecule has 2 rings (SSSR count). The zero-order chi connectivity index (χ0) is 11.0. The molecule has 0 amide bonds. The van der Waals surface area contributed by atoms with Crippen molar-refractivity contribution in [3.63, 3.8) is 0 Å². The lowest BCUT2D eigenvalue weighted by molar-refractivity contribution is 0.944. The molecule has 0 aliphatic rings. The molecule has 0 saturated heterocycles. The number of halogens is 2. The van der Waals surface area contributed by atoms with E-state index in [1.165, 1.54) is 4.40 Å². The van der Waals surface area contributed by atoms with Crippen molar-refractivity contribution in [1.29, 1.82) is 0 Å². The maximum Gasteiger partial charge on any atom is 0.272 e. The molecule has 0 aliphatic heterocycles. The van der Waals surface area contributed by atoms with E-state index in [1.54, 1.807) is 12.3 Å². The Labute approximate surface area is 103 Å². The molecule has 78 valence electrons. The van der Waals surface area contributed by atoms with Gasteiger partial charge in [0, 0.05) is 6.20 Å². The number of nitrogens with zero attached hydrogens (tertiary/aromatic N) is 2. The maximum absolute atomic E-state index is 11.9. The first-order chi connectivity index (χ1) is 7.11. The summed E-state index contributed by atoms with van der Waals surface area (Å²) in [6.45, 7) is 1.94. The van der Waals surface area contributed by atoms with Crippen LogP contribution in [-0.4, -0.2) is 9.38 Å². The number of hydrogen-bond donors (Lipinski definition) is 0. The average molecular weight is 332 g/mol. The predicted molar refractivity (Wildman–Crippen MR) is 66.5 cm³/mol. The Morgan fingerprint density at radius 3 is 2.87 bits per heavy atom. The third kappa shape index (κ3) is 1.86. The van der Waals surface area contributed by atoms with Crippen molar-refractivity contribution in [2.45, 2.75) is 11.8 Å². The van der Waals surface area contributed by atoms with Crippen molar-refractivity contribution in [2.24, 2.45) is 0 Å². The monoisotopic (exact) mass is 330 g/mol. The Morgan fingerprint density at radius 2 is 2.20 bits per heavy atom. The third-order valence-electron chi connectivity index (χ3n) is 2.08. The van der Waals surface area contributed by atoms with Crippen LogP contribution in [0.25, 0.3) is 5.65 Å². The van der Waals surface area contributed by atoms with Crippen molar-refractivity contribution >= 4 is 37.5 Å². The van der Waals surface area contributed by atoms with Crippen molar-refractivity contribution < 1.29 is 0 Å². The van der Waals surface area contributed by atoms with E-state index in [9.17, 15) is 4.79 Å². The van der Waals surface area contributed by atoms with Gasteiger partial charge >= 0.3 is 0 Å². The second kappa shape index (κ2) is 4.06. The highest BCUT2D eigenvalue weighted by Gasteiger charge is 2.13. The fourth-order valence-electron chi connectivity index (χ4n) is 1.35. The Bertz CT molecular complexity index is 563. The van der Waals surface area contributed by atoms with Crippen LogP contribution in [0.5, 0.6) is 0 Å². The summed E-state index contributed by atoms with van der Waals surface area (Å²) in [5.41, 5.74) is 1.31. The minimum absolute atomic E-state index is 0.0461. The standard InChI is InChI=1S/C10H8Br2N2O/c1-6(11)9-8(12)10(15)14-5-3-2-4-7(14)13-9/h2-6H,1H3/t6-/m0/s1. The van der Waals surface area contributed by atoms with E-state index in [0.717, 1.165) is 5.69 Å². The molecular formula is C10H8Br2N2O. The number of hydrogen-bond acceptors (Lipinski definition) is 2. The summed E-state index contributed by atoms with van der Waals surface area (Å²) in [7, 11) is 0. The fourth-order valence-corrected chi connectivity index (χ4v) is 2.61. The fraction of sp³-hybridized carbons (Fsp3) is 0.200. The SMILES string of the molecule is C[C@H](Br)c1nc2ccccn2c(=O)c1Br. The highest BCUT2D eigenvalue weighted by molar-refractivity contribution is 9.11. The van der Waals surface area contributed by atoms with Crippen LogP contribution < -0.4 is 5.56 Å². The first kappa shape index (κ1) is 10.8. The molecule has 5 heteroatoms. The van der Waals surface area contributed by atoms with Crippen molar-refractivity contribution in [3.05, 3.63) is 44.9 Å². The van der Waals surface area contributed by atoms with Gasteiger partial charge in [0.25, 0.3) is 5.56 Å². The van der Waals surface area contributed by atoms with Crippen molar-refractivity contribution in [3.8, 4) is 0 Å². The predicted octanol–water partition coefficient (Wildman–Crippen LogP) is 2.91. The number of rotatable bonds is 1. The minimum Gasteiger partial charge on any atom is -0.268 e. The highest BCUT2D eigenvalue weighted by atomic mass is 79.9. The maximum atomic E-state index is 11.9. The molecule has 0 aliphatic carbocycles. The second-order valence-electron chi connectivity index (χ2n) is 3.16. The molecule has 0 bridgehead atoms. The van der Waals surface area contributed by atoms with Gasteiger partial charge in [0.2, 0.25) is 0 Å².